The molecule has 2 saturated heterocycles. The largest absolute Gasteiger partial charge is 0.370 e. The van der Waals surface area contributed by atoms with Crippen LogP contribution in [0.2, 0.25) is 0 Å². The Labute approximate surface area is 142 Å². The molecule has 0 aliphatic carbocycles. The van der Waals surface area contributed by atoms with E-state index in [4.69, 9.17) is 4.74 Å². The predicted octanol–water partition coefficient (Wildman–Crippen LogP) is -1.59. The summed E-state index contributed by atoms with van der Waals surface area (Å²) in [6.45, 7) is 4.71. The quantitative estimate of drug-likeness (QED) is 0.432. The van der Waals surface area contributed by atoms with Crippen molar-refractivity contribution >= 4 is 25.9 Å². The highest BCUT2D eigenvalue weighted by Gasteiger charge is 2.54. The van der Waals surface area contributed by atoms with Crippen molar-refractivity contribution in [2.24, 2.45) is 0 Å². The summed E-state index contributed by atoms with van der Waals surface area (Å²) in [5.74, 6) is -1.61. The molecule has 2 aliphatic heterocycles. The molecular weight excluding hydrogens is 360 g/mol. The second-order valence-corrected chi connectivity index (χ2v) is 10.9. The van der Waals surface area contributed by atoms with Crippen LogP contribution in [0.15, 0.2) is 0 Å². The van der Waals surface area contributed by atoms with Crippen LogP contribution in [0.4, 0.5) is 0 Å². The molecule has 24 heavy (non-hydrogen) atoms. The number of amides is 1. The van der Waals surface area contributed by atoms with Gasteiger partial charge in [-0.15, -0.1) is 0 Å². The van der Waals surface area contributed by atoms with Crippen LogP contribution < -0.4 is 5.32 Å². The number of rotatable bonds is 5. The molecule has 0 radical (unpaired) electrons. The van der Waals surface area contributed by atoms with Crippen molar-refractivity contribution in [1.29, 1.82) is 0 Å². The van der Waals surface area contributed by atoms with Crippen molar-refractivity contribution in [3.05, 3.63) is 0 Å². The Bertz CT molecular complexity index is 698. The molecule has 2 N–H and O–H groups in total. The maximum atomic E-state index is 12.2. The van der Waals surface area contributed by atoms with Gasteiger partial charge in [0.1, 0.15) is 18.3 Å². The highest BCUT2D eigenvalue weighted by Crippen LogP contribution is 2.29. The van der Waals surface area contributed by atoms with Crippen molar-refractivity contribution in [2.45, 2.75) is 24.1 Å². The van der Waals surface area contributed by atoms with Crippen LogP contribution in [0.3, 0.4) is 0 Å². The van der Waals surface area contributed by atoms with Gasteiger partial charge in [-0.2, -0.15) is 8.42 Å². The fourth-order valence-electron chi connectivity index (χ4n) is 3.31. The normalized spacial score (nSPS) is 32.4. The molecule has 2 fully saturated rings. The number of ether oxygens (including phenoxy) is 1. The average Bonchev–Trinajstić information content (AvgIpc) is 2.67. The van der Waals surface area contributed by atoms with Crippen molar-refractivity contribution < 1.29 is 35.4 Å². The topological polar surface area (TPSA) is 127 Å². The maximum absolute atomic E-state index is 12.2. The summed E-state index contributed by atoms with van der Waals surface area (Å²) in [6, 6.07) is 0. The molecule has 2 atom stereocenters. The minimum Gasteiger partial charge on any atom is -0.370 e. The number of sulfone groups is 1. The van der Waals surface area contributed by atoms with Crippen molar-refractivity contribution in [3.63, 3.8) is 0 Å². The smallest absolute Gasteiger partial charge is 0.271 e. The zero-order valence-electron chi connectivity index (χ0n) is 13.9. The molecule has 1 amide bonds. The van der Waals surface area contributed by atoms with E-state index in [1.165, 1.54) is 6.92 Å². The zero-order chi connectivity index (χ0) is 18.2. The average molecular weight is 385 g/mol. The summed E-state index contributed by atoms with van der Waals surface area (Å²) >= 11 is 0. The van der Waals surface area contributed by atoms with Crippen LogP contribution in [0.5, 0.6) is 0 Å². The first-order valence-corrected chi connectivity index (χ1v) is 11.1. The van der Waals surface area contributed by atoms with E-state index in [1.807, 2.05) is 7.05 Å². The van der Waals surface area contributed by atoms with Gasteiger partial charge < -0.3 is 14.5 Å². The van der Waals surface area contributed by atoms with Crippen molar-refractivity contribution in [1.82, 2.24) is 5.32 Å². The summed E-state index contributed by atoms with van der Waals surface area (Å²) in [6.07, 6.45) is 0.143. The van der Waals surface area contributed by atoms with Gasteiger partial charge >= 0.3 is 0 Å². The van der Waals surface area contributed by atoms with E-state index in [2.05, 4.69) is 5.32 Å². The number of nitrogens with one attached hydrogen (secondary N) is 1. The number of quaternary nitrogens is 1. The standard InChI is InChI=1S/C13H24N2O7S2/c1-13(10-23(17,18)9-11(13)24(19,20)21)14-12(16)3-4-15(2)5-7-22-8-6-15/h11H,3-10H2,1-2H3,(H-,14,16,19,20,21)/p+1/t11-,13+/m1/s1. The fraction of sp³-hybridized carbons (Fsp3) is 0.923. The Balaban J connectivity index is 2.03. The monoisotopic (exact) mass is 385 g/mol. The molecular formula is C13H25N2O7S2+. The molecule has 0 aromatic heterocycles. The minimum absolute atomic E-state index is 0.143. The van der Waals surface area contributed by atoms with Crippen molar-refractivity contribution in [3.8, 4) is 0 Å². The van der Waals surface area contributed by atoms with E-state index in [0.717, 1.165) is 13.1 Å². The molecule has 9 nitrogen and oxygen atoms in total. The molecule has 2 rings (SSSR count). The molecule has 2 aliphatic rings. The molecule has 0 unspecified atom stereocenters. The molecule has 0 bridgehead atoms. The molecule has 0 spiro atoms. The molecule has 0 aromatic rings. The summed E-state index contributed by atoms with van der Waals surface area (Å²) < 4.78 is 61.9. The summed E-state index contributed by atoms with van der Waals surface area (Å²) in [5, 5.41) is 0.977. The van der Waals surface area contributed by atoms with E-state index in [-0.39, 0.29) is 6.42 Å². The Morgan fingerprint density at radius 1 is 1.38 bits per heavy atom. The lowest BCUT2D eigenvalue weighted by Gasteiger charge is -2.37. The molecule has 11 heteroatoms. The van der Waals surface area contributed by atoms with E-state index in [1.54, 1.807) is 0 Å². The van der Waals surface area contributed by atoms with Crippen LogP contribution in [0.25, 0.3) is 0 Å². The second-order valence-electron chi connectivity index (χ2n) is 7.18. The Kier molecular flexibility index (Phi) is 5.32. The third kappa shape index (κ3) is 4.66. The van der Waals surface area contributed by atoms with E-state index < -0.39 is 48.2 Å². The molecule has 140 valence electrons. The van der Waals surface area contributed by atoms with Crippen LogP contribution in [-0.4, -0.2) is 94.0 Å². The van der Waals surface area contributed by atoms with Gasteiger partial charge in [-0.25, -0.2) is 8.42 Å². The first kappa shape index (κ1) is 19.6. The fourth-order valence-corrected chi connectivity index (χ4v) is 7.66. The first-order valence-electron chi connectivity index (χ1n) is 7.74. The highest BCUT2D eigenvalue weighted by atomic mass is 32.2. The lowest BCUT2D eigenvalue weighted by Crippen LogP contribution is -2.58. The summed E-state index contributed by atoms with van der Waals surface area (Å²) in [4.78, 5) is 12.2. The number of nitrogens with zero attached hydrogens (tertiary/aromatic N) is 1. The lowest BCUT2D eigenvalue weighted by molar-refractivity contribution is -0.916. The molecule has 2 heterocycles. The van der Waals surface area contributed by atoms with Gasteiger partial charge in [0.25, 0.3) is 10.1 Å². The van der Waals surface area contributed by atoms with Crippen molar-refractivity contribution in [2.75, 3.05) is 51.4 Å². The van der Waals surface area contributed by atoms with Gasteiger partial charge in [0.05, 0.1) is 50.3 Å². The van der Waals surface area contributed by atoms with Crippen LogP contribution in [0, 0.1) is 0 Å². The Morgan fingerprint density at radius 3 is 2.50 bits per heavy atom. The highest BCUT2D eigenvalue weighted by molar-refractivity contribution is 7.94. The first-order chi connectivity index (χ1) is 10.9. The SMILES string of the molecule is C[C@]1(NC(=O)CC[N+]2(C)CCOCC2)CS(=O)(=O)C[C@H]1S(=O)(=O)O. The van der Waals surface area contributed by atoms with E-state index in [0.29, 0.717) is 24.2 Å². The number of hydrogen-bond donors (Lipinski definition) is 2. The van der Waals surface area contributed by atoms with Crippen LogP contribution >= 0.6 is 0 Å². The van der Waals surface area contributed by atoms with Gasteiger partial charge in [-0.3, -0.25) is 9.35 Å². The third-order valence-electron chi connectivity index (χ3n) is 4.85. The van der Waals surface area contributed by atoms with E-state index in [9.17, 15) is 26.2 Å². The third-order valence-corrected chi connectivity index (χ3v) is 8.35. The lowest BCUT2D eigenvalue weighted by atomic mass is 10.0. The Hall–Kier alpha value is -0.750. The van der Waals surface area contributed by atoms with E-state index >= 15 is 0 Å². The Morgan fingerprint density at radius 2 is 1.96 bits per heavy atom. The maximum Gasteiger partial charge on any atom is 0.271 e. The number of carbonyl (C=O) groups is 1. The van der Waals surface area contributed by atoms with Crippen LogP contribution in [0.1, 0.15) is 13.3 Å². The molecule has 0 saturated carbocycles. The summed E-state index contributed by atoms with van der Waals surface area (Å²) in [7, 11) is -6.23. The number of morpholine rings is 1. The van der Waals surface area contributed by atoms with Crippen LogP contribution in [-0.2, 0) is 29.5 Å². The number of hydrogen-bond acceptors (Lipinski definition) is 6. The molecule has 0 aromatic carbocycles. The minimum atomic E-state index is -4.59. The van der Waals surface area contributed by atoms with Gasteiger partial charge in [0.2, 0.25) is 5.91 Å². The van der Waals surface area contributed by atoms with Gasteiger partial charge in [-0.05, 0) is 6.92 Å². The second kappa shape index (κ2) is 6.52. The zero-order valence-corrected chi connectivity index (χ0v) is 15.5. The van der Waals surface area contributed by atoms with Gasteiger partial charge in [0, 0.05) is 0 Å². The number of carbonyl (C=O) groups excluding carboxylic acids is 1. The summed E-state index contributed by atoms with van der Waals surface area (Å²) in [5.41, 5.74) is -1.52. The van der Waals surface area contributed by atoms with Gasteiger partial charge in [-0.1, -0.05) is 0 Å². The number of likely N-dealkylation sites (N-methyl/N-ethyl adjacent to an activating group) is 1. The predicted molar refractivity (Wildman–Crippen MR) is 86.8 cm³/mol. The van der Waals surface area contributed by atoms with Gasteiger partial charge in [0.15, 0.2) is 9.84 Å².